The molecule has 0 heterocycles. The summed E-state index contributed by atoms with van der Waals surface area (Å²) in [5, 5.41) is 2.98. The van der Waals surface area contributed by atoms with Crippen LogP contribution >= 0.6 is 15.9 Å². The van der Waals surface area contributed by atoms with Gasteiger partial charge in [-0.25, -0.2) is 0 Å². The molecule has 0 unspecified atom stereocenters. The molecule has 0 saturated heterocycles. The second kappa shape index (κ2) is 5.92. The van der Waals surface area contributed by atoms with Gasteiger partial charge in [-0.15, -0.1) is 0 Å². The molecule has 1 aromatic carbocycles. The summed E-state index contributed by atoms with van der Waals surface area (Å²) < 4.78 is 6.06. The summed E-state index contributed by atoms with van der Waals surface area (Å²) in [6, 6.07) is 5.78. The molecule has 1 saturated carbocycles. The number of methoxy groups -OCH3 is 1. The number of hydrogen-bond acceptors (Lipinski definition) is 3. The standard InChI is InChI=1S/C14H19BrN2O2/c1-19-12-4-3-10(7-11(12)15)8-17-13(18)14(9-16)5-2-6-14/h3-4,7H,2,5-6,8-9,16H2,1H3,(H,17,18). The minimum atomic E-state index is -0.316. The number of nitrogens with one attached hydrogen (secondary N) is 1. The van der Waals surface area contributed by atoms with E-state index >= 15 is 0 Å². The number of hydrogen-bond donors (Lipinski definition) is 2. The van der Waals surface area contributed by atoms with E-state index in [1.54, 1.807) is 7.11 Å². The molecule has 5 heteroatoms. The first-order valence-corrected chi connectivity index (χ1v) is 7.21. The summed E-state index contributed by atoms with van der Waals surface area (Å²) in [5.74, 6) is 0.862. The molecule has 0 aromatic heterocycles. The number of rotatable bonds is 5. The highest BCUT2D eigenvalue weighted by Crippen LogP contribution is 2.40. The van der Waals surface area contributed by atoms with Crippen LogP contribution in [-0.4, -0.2) is 19.6 Å². The van der Waals surface area contributed by atoms with Crippen LogP contribution in [0.3, 0.4) is 0 Å². The van der Waals surface area contributed by atoms with Gasteiger partial charge in [0.2, 0.25) is 5.91 Å². The molecule has 1 fully saturated rings. The lowest BCUT2D eigenvalue weighted by atomic mass is 9.68. The maximum Gasteiger partial charge on any atom is 0.227 e. The van der Waals surface area contributed by atoms with E-state index in [9.17, 15) is 4.79 Å². The van der Waals surface area contributed by atoms with Gasteiger partial charge in [0.05, 0.1) is 17.0 Å². The average molecular weight is 327 g/mol. The Morgan fingerprint density at radius 1 is 1.53 bits per heavy atom. The molecular weight excluding hydrogens is 308 g/mol. The molecule has 0 atom stereocenters. The van der Waals surface area contributed by atoms with Crippen LogP contribution in [0.4, 0.5) is 0 Å². The fourth-order valence-electron chi connectivity index (χ4n) is 2.32. The van der Waals surface area contributed by atoms with Gasteiger partial charge in [0.1, 0.15) is 5.75 Å². The monoisotopic (exact) mass is 326 g/mol. The maximum atomic E-state index is 12.1. The third-order valence-corrected chi connectivity index (χ3v) is 4.47. The van der Waals surface area contributed by atoms with Gasteiger partial charge < -0.3 is 15.8 Å². The summed E-state index contributed by atoms with van der Waals surface area (Å²) in [6.45, 7) is 0.953. The van der Waals surface area contributed by atoms with Crippen molar-refractivity contribution in [3.63, 3.8) is 0 Å². The lowest BCUT2D eigenvalue weighted by Gasteiger charge is -2.39. The Bertz CT molecular complexity index is 467. The fraction of sp³-hybridized carbons (Fsp3) is 0.500. The quantitative estimate of drug-likeness (QED) is 0.871. The SMILES string of the molecule is COc1ccc(CNC(=O)C2(CN)CCC2)cc1Br. The van der Waals surface area contributed by atoms with Crippen LogP contribution in [0, 0.1) is 5.41 Å². The Morgan fingerprint density at radius 2 is 2.26 bits per heavy atom. The minimum absolute atomic E-state index is 0.0770. The number of nitrogens with two attached hydrogens (primary N) is 1. The van der Waals surface area contributed by atoms with Crippen LogP contribution in [0.25, 0.3) is 0 Å². The van der Waals surface area contributed by atoms with Crippen molar-refractivity contribution in [3.8, 4) is 5.75 Å². The fourth-order valence-corrected chi connectivity index (χ4v) is 2.91. The van der Waals surface area contributed by atoms with Gasteiger partial charge in [0, 0.05) is 13.1 Å². The number of halogens is 1. The lowest BCUT2D eigenvalue weighted by Crippen LogP contribution is -2.50. The van der Waals surface area contributed by atoms with E-state index in [1.165, 1.54) is 0 Å². The topological polar surface area (TPSA) is 64.3 Å². The van der Waals surface area contributed by atoms with E-state index in [2.05, 4.69) is 21.2 Å². The van der Waals surface area contributed by atoms with E-state index in [-0.39, 0.29) is 11.3 Å². The molecule has 1 amide bonds. The minimum Gasteiger partial charge on any atom is -0.496 e. The molecule has 19 heavy (non-hydrogen) atoms. The summed E-state index contributed by atoms with van der Waals surface area (Å²) in [4.78, 5) is 12.1. The van der Waals surface area contributed by atoms with Gasteiger partial charge in [0.25, 0.3) is 0 Å². The van der Waals surface area contributed by atoms with E-state index in [1.807, 2.05) is 18.2 Å². The van der Waals surface area contributed by atoms with Crippen LogP contribution in [0.2, 0.25) is 0 Å². The molecule has 1 aliphatic rings. The molecule has 3 N–H and O–H groups in total. The summed E-state index contributed by atoms with van der Waals surface area (Å²) in [7, 11) is 1.63. The Morgan fingerprint density at radius 3 is 2.74 bits per heavy atom. The number of carbonyl (C=O) groups is 1. The Kier molecular flexibility index (Phi) is 4.47. The van der Waals surface area contributed by atoms with Crippen LogP contribution in [-0.2, 0) is 11.3 Å². The van der Waals surface area contributed by atoms with Crippen LogP contribution in [0.1, 0.15) is 24.8 Å². The number of amides is 1. The average Bonchev–Trinajstić information content (AvgIpc) is 2.36. The number of carbonyl (C=O) groups excluding carboxylic acids is 1. The highest BCUT2D eigenvalue weighted by molar-refractivity contribution is 9.10. The zero-order valence-electron chi connectivity index (χ0n) is 11.0. The van der Waals surface area contributed by atoms with E-state index in [4.69, 9.17) is 10.5 Å². The Hall–Kier alpha value is -1.07. The number of ether oxygens (including phenoxy) is 1. The second-order valence-electron chi connectivity index (χ2n) is 4.99. The first-order chi connectivity index (χ1) is 9.11. The van der Waals surface area contributed by atoms with Crippen LogP contribution in [0.5, 0.6) is 5.75 Å². The number of benzene rings is 1. The molecule has 1 aromatic rings. The molecule has 104 valence electrons. The van der Waals surface area contributed by atoms with Gasteiger partial charge in [-0.2, -0.15) is 0 Å². The van der Waals surface area contributed by atoms with Gasteiger partial charge >= 0.3 is 0 Å². The van der Waals surface area contributed by atoms with Gasteiger partial charge in [-0.1, -0.05) is 12.5 Å². The largest absolute Gasteiger partial charge is 0.496 e. The van der Waals surface area contributed by atoms with Gasteiger partial charge in [0.15, 0.2) is 0 Å². The van der Waals surface area contributed by atoms with Crippen molar-refractivity contribution in [1.82, 2.24) is 5.32 Å². The molecular formula is C14H19BrN2O2. The van der Waals surface area contributed by atoms with Crippen LogP contribution in [0.15, 0.2) is 22.7 Å². The third kappa shape index (κ3) is 2.92. The van der Waals surface area contributed by atoms with E-state index in [0.717, 1.165) is 35.0 Å². The molecule has 0 spiro atoms. The predicted molar refractivity (Wildman–Crippen MR) is 77.9 cm³/mol. The summed E-state index contributed by atoms with van der Waals surface area (Å²) in [5.41, 5.74) is 6.43. The zero-order valence-corrected chi connectivity index (χ0v) is 12.6. The first kappa shape index (κ1) is 14.3. The van der Waals surface area contributed by atoms with Gasteiger partial charge in [-0.05, 0) is 46.5 Å². The van der Waals surface area contributed by atoms with Gasteiger partial charge in [-0.3, -0.25) is 4.79 Å². The second-order valence-corrected chi connectivity index (χ2v) is 5.84. The van der Waals surface area contributed by atoms with E-state index in [0.29, 0.717) is 13.1 Å². The van der Waals surface area contributed by atoms with E-state index < -0.39 is 0 Å². The van der Waals surface area contributed by atoms with Crippen LogP contribution < -0.4 is 15.8 Å². The summed E-state index contributed by atoms with van der Waals surface area (Å²) in [6.07, 6.45) is 2.90. The van der Waals surface area contributed by atoms with Crippen molar-refractivity contribution < 1.29 is 9.53 Å². The first-order valence-electron chi connectivity index (χ1n) is 6.42. The highest BCUT2D eigenvalue weighted by Gasteiger charge is 2.42. The molecule has 2 rings (SSSR count). The third-order valence-electron chi connectivity index (χ3n) is 3.85. The van der Waals surface area contributed by atoms with Crippen molar-refractivity contribution in [3.05, 3.63) is 28.2 Å². The molecule has 0 aliphatic heterocycles. The highest BCUT2D eigenvalue weighted by atomic mass is 79.9. The van der Waals surface area contributed by atoms with Crippen molar-refractivity contribution in [2.75, 3.05) is 13.7 Å². The summed E-state index contributed by atoms with van der Waals surface area (Å²) >= 11 is 3.43. The predicted octanol–water partition coefficient (Wildman–Crippen LogP) is 2.20. The maximum absolute atomic E-state index is 12.1. The molecule has 4 nitrogen and oxygen atoms in total. The molecule has 0 bridgehead atoms. The zero-order chi connectivity index (χ0) is 13.9. The molecule has 0 radical (unpaired) electrons. The Balaban J connectivity index is 1.95. The van der Waals surface area contributed by atoms with Crippen molar-refractivity contribution in [2.45, 2.75) is 25.8 Å². The molecule has 1 aliphatic carbocycles. The lowest BCUT2D eigenvalue weighted by molar-refractivity contribution is -0.135. The Labute approximate surface area is 121 Å². The normalized spacial score (nSPS) is 16.6. The smallest absolute Gasteiger partial charge is 0.227 e. The van der Waals surface area contributed by atoms with Crippen molar-refractivity contribution >= 4 is 21.8 Å². The van der Waals surface area contributed by atoms with Crippen molar-refractivity contribution in [1.29, 1.82) is 0 Å². The van der Waals surface area contributed by atoms with Crippen molar-refractivity contribution in [2.24, 2.45) is 11.1 Å².